The van der Waals surface area contributed by atoms with Crippen molar-refractivity contribution < 1.29 is 29.0 Å². The van der Waals surface area contributed by atoms with Crippen LogP contribution in [-0.2, 0) is 9.59 Å². The molecule has 170 valence electrons. The number of hydrogen-bond acceptors (Lipinski definition) is 4. The third-order valence-corrected chi connectivity index (χ3v) is 6.72. The molecule has 1 aromatic carbocycles. The molecule has 6 nitrogen and oxygen atoms in total. The number of halogens is 5. The Morgan fingerprint density at radius 1 is 1.17 bits per heavy atom. The number of rotatable bonds is 6. The van der Waals surface area contributed by atoms with Crippen LogP contribution in [0, 0.1) is 5.41 Å². The van der Waals surface area contributed by atoms with Gasteiger partial charge < -0.3 is 10.6 Å². The zero-order valence-electron chi connectivity index (χ0n) is 16.7. The van der Waals surface area contributed by atoms with Crippen LogP contribution < -0.4 is 16.0 Å². The highest BCUT2D eigenvalue weighted by atomic mass is 32.5. The van der Waals surface area contributed by atoms with Crippen molar-refractivity contribution in [1.82, 2.24) is 20.9 Å². The van der Waals surface area contributed by atoms with Gasteiger partial charge in [-0.15, -0.1) is 0 Å². The summed E-state index contributed by atoms with van der Waals surface area (Å²) in [5.41, 5.74) is -0.0950. The van der Waals surface area contributed by atoms with Crippen molar-refractivity contribution in [3.63, 3.8) is 0 Å². The molecule has 1 saturated carbocycles. The molecule has 3 atom stereocenters. The fraction of sp³-hybridized carbons (Fsp3) is 0.556. The Morgan fingerprint density at radius 3 is 2.20 bits per heavy atom. The third-order valence-electron chi connectivity index (χ3n) is 5.56. The van der Waals surface area contributed by atoms with Gasteiger partial charge in [0.1, 0.15) is 11.2 Å². The monoisotopic (exact) mass is 456 g/mol. The highest BCUT2D eigenvalue weighted by Gasteiger charge is 2.65. The van der Waals surface area contributed by atoms with E-state index in [2.05, 4.69) is 16.0 Å². The molecular formula is C18H25F5N4O2S. The lowest BCUT2D eigenvalue weighted by atomic mass is 9.91. The number of amides is 2. The molecule has 2 unspecified atom stereocenters. The van der Waals surface area contributed by atoms with Gasteiger partial charge in [-0.1, -0.05) is 38.5 Å². The molecule has 30 heavy (non-hydrogen) atoms. The predicted molar refractivity (Wildman–Crippen MR) is 103 cm³/mol. The van der Waals surface area contributed by atoms with Crippen LogP contribution in [0.2, 0.25) is 0 Å². The molecular weight excluding hydrogens is 431 g/mol. The van der Waals surface area contributed by atoms with Crippen molar-refractivity contribution in [2.24, 2.45) is 5.41 Å². The Kier molecular flexibility index (Phi) is 4.96. The van der Waals surface area contributed by atoms with E-state index < -0.39 is 44.8 Å². The van der Waals surface area contributed by atoms with Crippen molar-refractivity contribution in [3.05, 3.63) is 29.8 Å². The van der Waals surface area contributed by atoms with E-state index in [1.807, 2.05) is 6.92 Å². The van der Waals surface area contributed by atoms with Gasteiger partial charge in [0.2, 0.25) is 11.8 Å². The quantitative estimate of drug-likeness (QED) is 0.572. The zero-order chi connectivity index (χ0) is 22.6. The summed E-state index contributed by atoms with van der Waals surface area (Å²) in [5, 5.41) is 8.47. The molecule has 1 aliphatic heterocycles. The van der Waals surface area contributed by atoms with Crippen LogP contribution in [-0.4, -0.2) is 43.1 Å². The predicted octanol–water partition coefficient (Wildman–Crippen LogP) is 3.62. The Labute approximate surface area is 171 Å². The van der Waals surface area contributed by atoms with Crippen LogP contribution in [0.3, 0.4) is 0 Å². The second-order valence-electron chi connectivity index (χ2n) is 8.49. The number of nitrogens with one attached hydrogen (secondary N) is 3. The number of hydrogen-bond donors (Lipinski definition) is 3. The highest BCUT2D eigenvalue weighted by Crippen LogP contribution is 3.02. The van der Waals surface area contributed by atoms with Gasteiger partial charge in [0.15, 0.2) is 0 Å². The van der Waals surface area contributed by atoms with E-state index >= 15 is 0 Å². The fourth-order valence-corrected chi connectivity index (χ4v) is 4.09. The van der Waals surface area contributed by atoms with Gasteiger partial charge in [-0.05, 0) is 50.0 Å². The molecule has 12 heteroatoms. The van der Waals surface area contributed by atoms with Crippen LogP contribution in [0.25, 0.3) is 0 Å². The average Bonchev–Trinajstić information content (AvgIpc) is 3.35. The van der Waals surface area contributed by atoms with E-state index in [1.54, 1.807) is 19.0 Å². The van der Waals surface area contributed by atoms with E-state index in [9.17, 15) is 29.0 Å². The molecule has 2 amide bonds. The maximum absolute atomic E-state index is 13.0. The smallest absolute Gasteiger partial charge is 0.310 e. The van der Waals surface area contributed by atoms with Gasteiger partial charge in [-0.3, -0.25) is 19.8 Å². The van der Waals surface area contributed by atoms with Crippen LogP contribution in [0.1, 0.15) is 37.8 Å². The number of benzene rings is 1. The van der Waals surface area contributed by atoms with Gasteiger partial charge in [0.25, 0.3) is 0 Å². The molecule has 3 N–H and O–H groups in total. The summed E-state index contributed by atoms with van der Waals surface area (Å²) in [6, 6.07) is 1.17. The lowest BCUT2D eigenvalue weighted by Gasteiger charge is -2.40. The molecule has 2 fully saturated rings. The van der Waals surface area contributed by atoms with Crippen molar-refractivity contribution in [2.75, 3.05) is 14.1 Å². The lowest BCUT2D eigenvalue weighted by molar-refractivity contribution is -0.134. The van der Waals surface area contributed by atoms with Gasteiger partial charge in [0, 0.05) is 0 Å². The number of nitrogens with zero attached hydrogens (tertiary/aromatic N) is 1. The summed E-state index contributed by atoms with van der Waals surface area (Å²) >= 11 is 0. The van der Waals surface area contributed by atoms with Crippen molar-refractivity contribution in [3.8, 4) is 0 Å². The standard InChI is InChI=1S/C18H25F5N4O2S/c1-18(8-9-18)15(11-4-6-12(7-5-11)30(19,20,21,22)23)26-16(29)13-10-14(28)25-17(24-13)27(2)3/h4-7,13,15,17,24H,8-10H2,1-3H3,(H,25,28)(H,26,29)/t13?,15-,17?/m0/s1. The SMILES string of the molecule is CN(C)C1NC(=O)CC(C(=O)N[C@@H](c2ccc(S(F)(F)(F)(F)F)cc2)C2(C)CC2)N1. The highest BCUT2D eigenvalue weighted by molar-refractivity contribution is 8.45. The normalized spacial score (nSPS) is 26.9. The topological polar surface area (TPSA) is 73.5 Å². The minimum Gasteiger partial charge on any atom is -0.347 e. The lowest BCUT2D eigenvalue weighted by Crippen LogP contribution is -2.65. The second-order valence-corrected chi connectivity index (χ2v) is 10.9. The molecule has 0 bridgehead atoms. The third kappa shape index (κ3) is 5.03. The van der Waals surface area contributed by atoms with E-state index in [0.29, 0.717) is 17.7 Å². The summed E-state index contributed by atoms with van der Waals surface area (Å²) in [6.07, 6.45) is 0.803. The summed E-state index contributed by atoms with van der Waals surface area (Å²) in [6.45, 7) is 1.86. The Balaban J connectivity index is 1.81. The van der Waals surface area contributed by atoms with Crippen molar-refractivity contribution >= 4 is 22.0 Å². The molecule has 1 saturated heterocycles. The molecule has 1 aromatic rings. The summed E-state index contributed by atoms with van der Waals surface area (Å²) in [5.74, 6) is -0.798. The van der Waals surface area contributed by atoms with E-state index in [-0.39, 0.29) is 12.3 Å². The first-order chi connectivity index (χ1) is 13.5. The largest absolute Gasteiger partial charge is 0.347 e. The first kappa shape index (κ1) is 22.8. The maximum Gasteiger partial charge on any atom is 0.310 e. The molecule has 3 rings (SSSR count). The molecule has 0 spiro atoms. The minimum absolute atomic E-state index is 0.0945. The van der Waals surface area contributed by atoms with Crippen molar-refractivity contribution in [1.29, 1.82) is 0 Å². The van der Waals surface area contributed by atoms with Crippen molar-refractivity contribution in [2.45, 2.75) is 49.5 Å². The number of carbonyl (C=O) groups is 2. The van der Waals surface area contributed by atoms with Gasteiger partial charge in [0.05, 0.1) is 18.5 Å². The zero-order valence-corrected chi connectivity index (χ0v) is 17.5. The van der Waals surface area contributed by atoms with Gasteiger partial charge in [-0.25, -0.2) is 0 Å². The maximum atomic E-state index is 13.0. The summed E-state index contributed by atoms with van der Waals surface area (Å²) in [7, 11) is -6.34. The summed E-state index contributed by atoms with van der Waals surface area (Å²) < 4.78 is 65.0. The minimum atomic E-state index is -9.76. The fourth-order valence-electron chi connectivity index (χ4n) is 3.44. The Bertz CT molecular complexity index is 856. The average molecular weight is 456 g/mol. The molecule has 2 aliphatic rings. The van der Waals surface area contributed by atoms with E-state index in [0.717, 1.165) is 25.0 Å². The van der Waals surface area contributed by atoms with Crippen LogP contribution in [0.5, 0.6) is 0 Å². The van der Waals surface area contributed by atoms with Crippen LogP contribution in [0.15, 0.2) is 29.2 Å². The molecule has 0 radical (unpaired) electrons. The first-order valence-corrected chi connectivity index (χ1v) is 11.3. The van der Waals surface area contributed by atoms with Gasteiger partial charge >= 0.3 is 10.2 Å². The molecule has 0 aromatic heterocycles. The number of carbonyl (C=O) groups excluding carboxylic acids is 2. The van der Waals surface area contributed by atoms with Gasteiger partial charge in [-0.2, -0.15) is 0 Å². The van der Waals surface area contributed by atoms with Crippen LogP contribution in [0.4, 0.5) is 19.4 Å². The second kappa shape index (κ2) is 6.54. The summed E-state index contributed by atoms with van der Waals surface area (Å²) in [4.78, 5) is 24.5. The Morgan fingerprint density at radius 2 is 1.73 bits per heavy atom. The molecule has 1 aliphatic carbocycles. The van der Waals surface area contributed by atoms with Crippen LogP contribution >= 0.6 is 10.2 Å². The first-order valence-electron chi connectivity index (χ1n) is 9.35. The van der Waals surface area contributed by atoms with E-state index in [1.165, 1.54) is 0 Å². The molecule has 1 heterocycles. The van der Waals surface area contributed by atoms with E-state index in [4.69, 9.17) is 0 Å². The Hall–Kier alpha value is -1.92.